The summed E-state index contributed by atoms with van der Waals surface area (Å²) in [6.45, 7) is 0.448. The maximum absolute atomic E-state index is 5.55. The zero-order chi connectivity index (χ0) is 12.5. The molecule has 18 heavy (non-hydrogen) atoms. The summed E-state index contributed by atoms with van der Waals surface area (Å²) in [5.74, 6) is 0.836. The molecule has 0 fully saturated rings. The molecular weight excluding hydrogens is 228 g/mol. The van der Waals surface area contributed by atoms with Crippen LogP contribution in [0.5, 0.6) is 5.75 Å². The number of hydrogen-bond acceptors (Lipinski definition) is 3. The van der Waals surface area contributed by atoms with Crippen molar-refractivity contribution in [2.24, 2.45) is 5.73 Å². The van der Waals surface area contributed by atoms with Gasteiger partial charge in [0.1, 0.15) is 5.75 Å². The van der Waals surface area contributed by atoms with E-state index in [2.05, 4.69) is 10.1 Å². The van der Waals surface area contributed by atoms with E-state index in [0.717, 1.165) is 28.3 Å². The van der Waals surface area contributed by atoms with E-state index in [1.54, 1.807) is 7.11 Å². The molecule has 0 bridgehead atoms. The Bertz CT molecular complexity index is 652. The highest BCUT2D eigenvalue weighted by molar-refractivity contribution is 5.65. The van der Waals surface area contributed by atoms with Crippen molar-refractivity contribution >= 4 is 5.65 Å². The van der Waals surface area contributed by atoms with Crippen molar-refractivity contribution in [3.63, 3.8) is 0 Å². The number of nitrogens with one attached hydrogen (secondary N) is 1. The number of imidazole rings is 1. The second kappa shape index (κ2) is 4.19. The molecule has 3 aromatic rings. The van der Waals surface area contributed by atoms with E-state index in [9.17, 15) is 0 Å². The largest absolute Gasteiger partial charge is 0.497 e. The third kappa shape index (κ3) is 1.74. The van der Waals surface area contributed by atoms with Crippen molar-refractivity contribution < 1.29 is 4.74 Å². The second-order valence-electron chi connectivity index (χ2n) is 4.07. The lowest BCUT2D eigenvalue weighted by Gasteiger charge is -2.01. The molecule has 0 spiro atoms. The molecule has 0 saturated carbocycles. The van der Waals surface area contributed by atoms with E-state index < -0.39 is 0 Å². The first kappa shape index (κ1) is 10.9. The van der Waals surface area contributed by atoms with E-state index in [4.69, 9.17) is 10.5 Å². The van der Waals surface area contributed by atoms with Gasteiger partial charge in [0, 0.05) is 18.2 Å². The number of nitrogens with two attached hydrogens (primary N) is 1. The van der Waals surface area contributed by atoms with Crippen LogP contribution in [0.3, 0.4) is 0 Å². The Balaban J connectivity index is 2.05. The summed E-state index contributed by atoms with van der Waals surface area (Å²) in [6.07, 6.45) is 1.90. The Morgan fingerprint density at radius 1 is 1.39 bits per heavy atom. The van der Waals surface area contributed by atoms with Crippen molar-refractivity contribution in [2.75, 3.05) is 7.11 Å². The summed E-state index contributed by atoms with van der Waals surface area (Å²) in [5, 5.41) is 3.26. The smallest absolute Gasteiger partial charge is 0.153 e. The minimum Gasteiger partial charge on any atom is -0.497 e. The highest BCUT2D eigenvalue weighted by Gasteiger charge is 2.06. The number of benzene rings is 1. The van der Waals surface area contributed by atoms with Gasteiger partial charge in [-0.25, -0.2) is 9.50 Å². The molecule has 0 aliphatic carbocycles. The van der Waals surface area contributed by atoms with Gasteiger partial charge >= 0.3 is 0 Å². The summed E-state index contributed by atoms with van der Waals surface area (Å²) in [7, 11) is 1.66. The fourth-order valence-corrected chi connectivity index (χ4v) is 1.96. The number of fused-ring (bicyclic) bond motifs is 1. The molecule has 0 unspecified atom stereocenters. The van der Waals surface area contributed by atoms with Gasteiger partial charge in [-0.2, -0.15) is 0 Å². The molecule has 0 aliphatic rings. The molecule has 5 heteroatoms. The van der Waals surface area contributed by atoms with Crippen molar-refractivity contribution in [1.29, 1.82) is 0 Å². The van der Waals surface area contributed by atoms with Crippen LogP contribution >= 0.6 is 0 Å². The molecule has 3 rings (SSSR count). The molecule has 2 aromatic heterocycles. The van der Waals surface area contributed by atoms with Crippen LogP contribution in [0.4, 0.5) is 0 Å². The SMILES string of the molecule is COc1cccc(-c2cc3nc(CN)cn3[nH]2)c1. The Morgan fingerprint density at radius 3 is 3.00 bits per heavy atom. The van der Waals surface area contributed by atoms with Gasteiger partial charge in [-0.3, -0.25) is 5.10 Å². The Hall–Kier alpha value is -2.27. The van der Waals surface area contributed by atoms with Crippen LogP contribution in [0.1, 0.15) is 5.69 Å². The van der Waals surface area contributed by atoms with E-state index in [0.29, 0.717) is 6.54 Å². The lowest BCUT2D eigenvalue weighted by atomic mass is 10.1. The summed E-state index contributed by atoms with van der Waals surface area (Å²) in [6, 6.07) is 9.88. The number of hydrogen-bond donors (Lipinski definition) is 2. The van der Waals surface area contributed by atoms with Crippen LogP contribution in [0, 0.1) is 0 Å². The van der Waals surface area contributed by atoms with Gasteiger partial charge in [0.2, 0.25) is 0 Å². The monoisotopic (exact) mass is 242 g/mol. The van der Waals surface area contributed by atoms with Crippen molar-refractivity contribution in [2.45, 2.75) is 6.54 Å². The zero-order valence-corrected chi connectivity index (χ0v) is 10.1. The number of ether oxygens (including phenoxy) is 1. The number of H-pyrrole nitrogens is 1. The minimum atomic E-state index is 0.448. The predicted octanol–water partition coefficient (Wildman–Crippen LogP) is 1.80. The van der Waals surface area contributed by atoms with Crippen LogP contribution in [0.25, 0.3) is 16.9 Å². The van der Waals surface area contributed by atoms with E-state index in [1.165, 1.54) is 0 Å². The molecule has 0 saturated heterocycles. The number of aromatic amines is 1. The van der Waals surface area contributed by atoms with Crippen LogP contribution < -0.4 is 10.5 Å². The zero-order valence-electron chi connectivity index (χ0n) is 10.1. The van der Waals surface area contributed by atoms with Gasteiger partial charge in [0.25, 0.3) is 0 Å². The quantitative estimate of drug-likeness (QED) is 0.735. The fourth-order valence-electron chi connectivity index (χ4n) is 1.96. The Labute approximate surface area is 104 Å². The van der Waals surface area contributed by atoms with Crippen molar-refractivity contribution in [1.82, 2.24) is 14.6 Å². The molecule has 1 aromatic carbocycles. The van der Waals surface area contributed by atoms with E-state index >= 15 is 0 Å². The summed E-state index contributed by atoms with van der Waals surface area (Å²) in [5.41, 5.74) is 9.36. The van der Waals surface area contributed by atoms with Gasteiger partial charge in [-0.05, 0) is 12.1 Å². The van der Waals surface area contributed by atoms with Gasteiger partial charge in [0.05, 0.1) is 24.7 Å². The second-order valence-corrected chi connectivity index (χ2v) is 4.07. The fraction of sp³-hybridized carbons (Fsp3) is 0.154. The number of rotatable bonds is 3. The molecule has 5 nitrogen and oxygen atoms in total. The van der Waals surface area contributed by atoms with Gasteiger partial charge in [0.15, 0.2) is 5.65 Å². The highest BCUT2D eigenvalue weighted by Crippen LogP contribution is 2.23. The maximum Gasteiger partial charge on any atom is 0.153 e. The van der Waals surface area contributed by atoms with Gasteiger partial charge in [-0.1, -0.05) is 12.1 Å². The van der Waals surface area contributed by atoms with Crippen molar-refractivity contribution in [3.8, 4) is 17.0 Å². The topological polar surface area (TPSA) is 68.3 Å². The molecular formula is C13H14N4O. The molecule has 0 amide bonds. The normalized spacial score (nSPS) is 11.0. The number of nitrogens with zero attached hydrogens (tertiary/aromatic N) is 2. The molecule has 0 aliphatic heterocycles. The third-order valence-corrected chi connectivity index (χ3v) is 2.89. The van der Waals surface area contributed by atoms with E-state index in [-0.39, 0.29) is 0 Å². The first-order valence-electron chi connectivity index (χ1n) is 5.71. The van der Waals surface area contributed by atoms with Gasteiger partial charge in [-0.15, -0.1) is 0 Å². The summed E-state index contributed by atoms with van der Waals surface area (Å²) < 4.78 is 7.09. The molecule has 92 valence electrons. The average Bonchev–Trinajstić information content (AvgIpc) is 2.96. The standard InChI is InChI=1S/C13H14N4O/c1-18-11-4-2-3-9(5-11)12-6-13-15-10(7-14)8-17(13)16-12/h2-6,8,16H,7,14H2,1H3. The predicted molar refractivity (Wildman–Crippen MR) is 69.4 cm³/mol. The lowest BCUT2D eigenvalue weighted by Crippen LogP contribution is -1.95. The van der Waals surface area contributed by atoms with Crippen LogP contribution in [0.2, 0.25) is 0 Å². The summed E-state index contributed by atoms with van der Waals surface area (Å²) in [4.78, 5) is 4.40. The highest BCUT2D eigenvalue weighted by atomic mass is 16.5. The molecule has 0 atom stereocenters. The average molecular weight is 242 g/mol. The first-order valence-corrected chi connectivity index (χ1v) is 5.71. The Morgan fingerprint density at radius 2 is 2.28 bits per heavy atom. The first-order chi connectivity index (χ1) is 8.80. The molecule has 0 radical (unpaired) electrons. The summed E-state index contributed by atoms with van der Waals surface area (Å²) >= 11 is 0. The molecule has 2 heterocycles. The minimum absolute atomic E-state index is 0.448. The van der Waals surface area contributed by atoms with E-state index in [1.807, 2.05) is 41.0 Å². The number of aromatic nitrogens is 3. The van der Waals surface area contributed by atoms with Crippen LogP contribution in [0.15, 0.2) is 36.5 Å². The van der Waals surface area contributed by atoms with Gasteiger partial charge < -0.3 is 10.5 Å². The van der Waals surface area contributed by atoms with Crippen LogP contribution in [-0.4, -0.2) is 21.7 Å². The lowest BCUT2D eigenvalue weighted by molar-refractivity contribution is 0.415. The molecule has 3 N–H and O–H groups in total. The number of methoxy groups -OCH3 is 1. The van der Waals surface area contributed by atoms with Crippen LogP contribution in [-0.2, 0) is 6.54 Å². The Kier molecular flexibility index (Phi) is 2.53. The maximum atomic E-state index is 5.55. The van der Waals surface area contributed by atoms with Crippen molar-refractivity contribution in [3.05, 3.63) is 42.2 Å². The third-order valence-electron chi connectivity index (χ3n) is 2.89.